The van der Waals surface area contributed by atoms with E-state index in [4.69, 9.17) is 4.74 Å². The monoisotopic (exact) mass is 306 g/mol. The summed E-state index contributed by atoms with van der Waals surface area (Å²) < 4.78 is 6.03. The van der Waals surface area contributed by atoms with E-state index in [9.17, 15) is 9.59 Å². The van der Waals surface area contributed by atoms with Gasteiger partial charge in [0.15, 0.2) is 5.13 Å². The van der Waals surface area contributed by atoms with Crippen molar-refractivity contribution in [2.45, 2.75) is 33.1 Å². The molecule has 112 valence electrons. The van der Waals surface area contributed by atoms with Crippen molar-refractivity contribution in [3.05, 3.63) is 23.8 Å². The van der Waals surface area contributed by atoms with Gasteiger partial charge in [0.1, 0.15) is 0 Å². The molecule has 0 aliphatic carbocycles. The van der Waals surface area contributed by atoms with Crippen molar-refractivity contribution in [1.29, 1.82) is 0 Å². The number of rotatable bonds is 6. The molecule has 2 aromatic rings. The molecule has 6 heteroatoms. The molecule has 21 heavy (non-hydrogen) atoms. The zero-order chi connectivity index (χ0) is 15.2. The number of carbonyl (C=O) groups is 2. The molecule has 0 saturated heterocycles. The number of unbranched alkanes of at least 4 members (excludes halogenated alkanes) is 1. The van der Waals surface area contributed by atoms with Gasteiger partial charge >= 0.3 is 5.97 Å². The number of aromatic nitrogens is 1. The van der Waals surface area contributed by atoms with Crippen molar-refractivity contribution >= 4 is 38.6 Å². The average Bonchev–Trinajstić information content (AvgIpc) is 2.88. The summed E-state index contributed by atoms with van der Waals surface area (Å²) in [7, 11) is 0. The third-order valence-electron chi connectivity index (χ3n) is 2.92. The number of fused-ring (bicyclic) bond motifs is 1. The van der Waals surface area contributed by atoms with Crippen molar-refractivity contribution in [1.82, 2.24) is 4.98 Å². The molecule has 0 atom stereocenters. The number of nitrogens with one attached hydrogen (secondary N) is 1. The first-order chi connectivity index (χ1) is 10.1. The largest absolute Gasteiger partial charge is 0.462 e. The van der Waals surface area contributed by atoms with Gasteiger partial charge in [-0.15, -0.1) is 0 Å². The van der Waals surface area contributed by atoms with E-state index in [-0.39, 0.29) is 11.9 Å². The van der Waals surface area contributed by atoms with E-state index in [2.05, 4.69) is 10.3 Å². The minimum absolute atomic E-state index is 0.0757. The van der Waals surface area contributed by atoms with Gasteiger partial charge < -0.3 is 10.1 Å². The number of benzene rings is 1. The van der Waals surface area contributed by atoms with Crippen molar-refractivity contribution in [2.75, 3.05) is 11.9 Å². The minimum Gasteiger partial charge on any atom is -0.462 e. The Labute approximate surface area is 127 Å². The average molecular weight is 306 g/mol. The Morgan fingerprint density at radius 3 is 2.86 bits per heavy atom. The molecule has 0 radical (unpaired) electrons. The maximum Gasteiger partial charge on any atom is 0.338 e. The molecule has 0 fully saturated rings. The van der Waals surface area contributed by atoms with Crippen LogP contribution in [0.1, 0.15) is 43.5 Å². The number of hydrogen-bond acceptors (Lipinski definition) is 5. The summed E-state index contributed by atoms with van der Waals surface area (Å²) in [5, 5.41) is 3.27. The number of ether oxygens (including phenoxy) is 1. The Balaban J connectivity index is 2.13. The Kier molecular flexibility index (Phi) is 5.27. The summed E-state index contributed by atoms with van der Waals surface area (Å²) in [4.78, 5) is 27.6. The zero-order valence-corrected chi connectivity index (χ0v) is 13.0. The summed E-state index contributed by atoms with van der Waals surface area (Å²) >= 11 is 1.35. The highest BCUT2D eigenvalue weighted by atomic mass is 32.1. The summed E-state index contributed by atoms with van der Waals surface area (Å²) in [6.45, 7) is 4.27. The smallest absolute Gasteiger partial charge is 0.338 e. The van der Waals surface area contributed by atoms with Gasteiger partial charge in [0.05, 0.1) is 22.4 Å². The molecule has 1 amide bonds. The fourth-order valence-electron chi connectivity index (χ4n) is 1.71. The van der Waals surface area contributed by atoms with Crippen LogP contribution < -0.4 is 5.32 Å². The molecule has 0 unspecified atom stereocenters. The molecular formula is C15H18N2O3S. The van der Waals surface area contributed by atoms with E-state index in [1.807, 2.05) is 6.92 Å². The Hall–Kier alpha value is -1.95. The van der Waals surface area contributed by atoms with Crippen LogP contribution in [0.4, 0.5) is 5.13 Å². The lowest BCUT2D eigenvalue weighted by molar-refractivity contribution is -0.115. The number of thiazole rings is 1. The van der Waals surface area contributed by atoms with Crippen LogP contribution in [0.15, 0.2) is 18.2 Å². The van der Waals surface area contributed by atoms with E-state index >= 15 is 0 Å². The summed E-state index contributed by atoms with van der Waals surface area (Å²) in [5.74, 6) is -0.397. The van der Waals surface area contributed by atoms with Gasteiger partial charge in [-0.25, -0.2) is 9.78 Å². The van der Waals surface area contributed by atoms with Crippen LogP contribution in [0, 0.1) is 0 Å². The van der Waals surface area contributed by atoms with E-state index < -0.39 is 0 Å². The number of esters is 1. The van der Waals surface area contributed by atoms with Crippen molar-refractivity contribution < 1.29 is 14.3 Å². The minimum atomic E-state index is -0.321. The number of nitrogens with zero attached hydrogens (tertiary/aromatic N) is 1. The molecule has 1 aromatic carbocycles. The third-order valence-corrected chi connectivity index (χ3v) is 3.86. The van der Waals surface area contributed by atoms with Gasteiger partial charge in [0, 0.05) is 6.42 Å². The maximum atomic E-state index is 11.9. The van der Waals surface area contributed by atoms with Crippen LogP contribution >= 0.6 is 11.3 Å². The molecule has 0 aliphatic heterocycles. The fraction of sp³-hybridized carbons (Fsp3) is 0.400. The summed E-state index contributed by atoms with van der Waals surface area (Å²) in [5.41, 5.74) is 1.27. The lowest BCUT2D eigenvalue weighted by Gasteiger charge is -2.03. The van der Waals surface area contributed by atoms with Gasteiger partial charge in [-0.3, -0.25) is 4.79 Å². The molecule has 2 rings (SSSR count). The predicted molar refractivity (Wildman–Crippen MR) is 83.7 cm³/mol. The fourth-order valence-corrected chi connectivity index (χ4v) is 2.63. The second kappa shape index (κ2) is 7.17. The van der Waals surface area contributed by atoms with Gasteiger partial charge in [-0.1, -0.05) is 31.6 Å². The van der Waals surface area contributed by atoms with Gasteiger partial charge in [0.2, 0.25) is 5.91 Å². The maximum absolute atomic E-state index is 11.9. The van der Waals surface area contributed by atoms with E-state index in [1.165, 1.54) is 11.3 Å². The van der Waals surface area contributed by atoms with E-state index in [0.717, 1.165) is 23.1 Å². The molecule has 0 aliphatic rings. The second-order valence-corrected chi connectivity index (χ2v) is 5.62. The third kappa shape index (κ3) is 4.01. The van der Waals surface area contributed by atoms with E-state index in [1.54, 1.807) is 25.1 Å². The molecular weight excluding hydrogens is 288 g/mol. The standard InChI is InChI=1S/C15H18N2O3S/c1-3-5-8-20-14(19)10-6-7-11-12(9-10)21-15(16-11)17-13(18)4-2/h6-7,9H,3-5,8H2,1-2H3,(H,16,17,18). The van der Waals surface area contributed by atoms with Gasteiger partial charge in [-0.2, -0.15) is 0 Å². The second-order valence-electron chi connectivity index (χ2n) is 4.59. The van der Waals surface area contributed by atoms with Crippen LogP contribution in [0.5, 0.6) is 0 Å². The number of amides is 1. The lowest BCUT2D eigenvalue weighted by atomic mass is 10.2. The molecule has 1 N–H and O–H groups in total. The van der Waals surface area contributed by atoms with Gasteiger partial charge in [0.25, 0.3) is 0 Å². The van der Waals surface area contributed by atoms with Crippen LogP contribution in [-0.2, 0) is 9.53 Å². The Morgan fingerprint density at radius 1 is 1.33 bits per heavy atom. The molecule has 5 nitrogen and oxygen atoms in total. The highest BCUT2D eigenvalue weighted by Crippen LogP contribution is 2.27. The summed E-state index contributed by atoms with van der Waals surface area (Å²) in [6, 6.07) is 5.22. The molecule has 1 aromatic heterocycles. The first-order valence-corrected chi connectivity index (χ1v) is 7.83. The Bertz CT molecular complexity index is 651. The van der Waals surface area contributed by atoms with Gasteiger partial charge in [-0.05, 0) is 24.6 Å². The van der Waals surface area contributed by atoms with Crippen molar-refractivity contribution in [3.8, 4) is 0 Å². The number of carbonyl (C=O) groups excluding carboxylic acids is 2. The summed E-state index contributed by atoms with van der Waals surface area (Å²) in [6.07, 6.45) is 2.26. The SMILES string of the molecule is CCCCOC(=O)c1ccc2nc(NC(=O)CC)sc2c1. The van der Waals surface area contributed by atoms with Crippen LogP contribution in [0.25, 0.3) is 10.2 Å². The quantitative estimate of drug-likeness (QED) is 0.654. The normalized spacial score (nSPS) is 10.6. The zero-order valence-electron chi connectivity index (χ0n) is 12.1. The molecule has 0 bridgehead atoms. The van der Waals surface area contributed by atoms with Crippen LogP contribution in [-0.4, -0.2) is 23.5 Å². The van der Waals surface area contributed by atoms with Crippen LogP contribution in [0.2, 0.25) is 0 Å². The highest BCUT2D eigenvalue weighted by Gasteiger charge is 2.11. The molecule has 0 saturated carbocycles. The lowest BCUT2D eigenvalue weighted by Crippen LogP contribution is -2.08. The number of hydrogen-bond donors (Lipinski definition) is 1. The van der Waals surface area contributed by atoms with Crippen LogP contribution in [0.3, 0.4) is 0 Å². The van der Waals surface area contributed by atoms with E-state index in [0.29, 0.717) is 23.7 Å². The first-order valence-electron chi connectivity index (χ1n) is 7.01. The first kappa shape index (κ1) is 15.4. The highest BCUT2D eigenvalue weighted by molar-refractivity contribution is 7.22. The Morgan fingerprint density at radius 2 is 2.14 bits per heavy atom. The molecule has 1 heterocycles. The van der Waals surface area contributed by atoms with Crippen molar-refractivity contribution in [2.24, 2.45) is 0 Å². The van der Waals surface area contributed by atoms with Crippen molar-refractivity contribution in [3.63, 3.8) is 0 Å². The predicted octanol–water partition coefficient (Wildman–Crippen LogP) is 3.60. The molecule has 0 spiro atoms. The topological polar surface area (TPSA) is 68.3 Å². The number of anilines is 1.